The van der Waals surface area contributed by atoms with E-state index >= 15 is 0 Å². The molecule has 2 aliphatic heterocycles. The Morgan fingerprint density at radius 1 is 0.808 bits per heavy atom. The Morgan fingerprint density at radius 3 is 1.85 bits per heavy atom. The molecule has 10 heteroatoms. The summed E-state index contributed by atoms with van der Waals surface area (Å²) in [5.74, 6) is -2.02. The van der Waals surface area contributed by atoms with Crippen molar-refractivity contribution in [3.63, 3.8) is 0 Å². The average Bonchev–Trinajstić information content (AvgIpc) is 2.55. The van der Waals surface area contributed by atoms with Crippen molar-refractivity contribution in [2.75, 3.05) is 11.4 Å². The number of anilines is 1. The van der Waals surface area contributed by atoms with Crippen molar-refractivity contribution in [3.8, 4) is 0 Å². The molecular weight excluding hydrogens is 344 g/mol. The van der Waals surface area contributed by atoms with E-state index in [9.17, 15) is 28.8 Å². The number of barbiturate groups is 2. The average molecular weight is 360 g/mol. The summed E-state index contributed by atoms with van der Waals surface area (Å²) in [6, 6.07) is 7.16. The van der Waals surface area contributed by atoms with Gasteiger partial charge in [-0.1, -0.05) is 18.2 Å². The fourth-order valence-corrected chi connectivity index (χ4v) is 2.28. The zero-order valence-corrected chi connectivity index (χ0v) is 13.9. The molecule has 136 valence electrons. The van der Waals surface area contributed by atoms with Crippen molar-refractivity contribution in [1.82, 2.24) is 15.5 Å². The number of carbonyl (C=O) groups excluding carboxylic acids is 6. The molecule has 2 N–H and O–H groups in total. The molecule has 2 fully saturated rings. The zero-order valence-electron chi connectivity index (χ0n) is 13.9. The van der Waals surface area contributed by atoms with Gasteiger partial charge < -0.3 is 0 Å². The van der Waals surface area contributed by atoms with Crippen LogP contribution in [0.2, 0.25) is 0 Å². The Morgan fingerprint density at radius 2 is 1.35 bits per heavy atom. The number of hydrogen-bond donors (Lipinski definition) is 2. The Balaban J connectivity index is 0.000000197. The normalized spacial score (nSPS) is 17.4. The Bertz CT molecular complexity index is 736. The molecule has 2 saturated heterocycles. The van der Waals surface area contributed by atoms with Crippen LogP contribution in [0.1, 0.15) is 19.8 Å². The second-order valence-corrected chi connectivity index (χ2v) is 5.26. The van der Waals surface area contributed by atoms with Crippen LogP contribution in [0, 0.1) is 0 Å². The van der Waals surface area contributed by atoms with Crippen molar-refractivity contribution in [2.24, 2.45) is 0 Å². The third-order valence-corrected chi connectivity index (χ3v) is 3.45. The highest BCUT2D eigenvalue weighted by Gasteiger charge is 2.31. The first-order valence-corrected chi connectivity index (χ1v) is 7.69. The molecule has 0 saturated carbocycles. The van der Waals surface area contributed by atoms with E-state index in [-0.39, 0.29) is 12.8 Å². The molecule has 3 rings (SSSR count). The van der Waals surface area contributed by atoms with Crippen LogP contribution in [0.3, 0.4) is 0 Å². The first kappa shape index (κ1) is 18.8. The van der Waals surface area contributed by atoms with Gasteiger partial charge in [0, 0.05) is 6.54 Å². The first-order chi connectivity index (χ1) is 12.3. The van der Waals surface area contributed by atoms with E-state index in [4.69, 9.17) is 0 Å². The minimum absolute atomic E-state index is 0.223. The number of carbonyl (C=O) groups is 6. The van der Waals surface area contributed by atoms with E-state index in [1.807, 2.05) is 5.32 Å². The highest BCUT2D eigenvalue weighted by atomic mass is 16.2. The van der Waals surface area contributed by atoms with Crippen molar-refractivity contribution < 1.29 is 28.8 Å². The van der Waals surface area contributed by atoms with Gasteiger partial charge in [-0.05, 0) is 19.1 Å². The molecule has 1 aromatic rings. The van der Waals surface area contributed by atoms with Crippen LogP contribution in [0.5, 0.6) is 0 Å². The third-order valence-electron chi connectivity index (χ3n) is 3.45. The molecule has 0 bridgehead atoms. The largest absolute Gasteiger partial charge is 0.335 e. The van der Waals surface area contributed by atoms with E-state index in [0.29, 0.717) is 12.2 Å². The molecule has 0 aliphatic carbocycles. The van der Waals surface area contributed by atoms with Crippen molar-refractivity contribution in [2.45, 2.75) is 19.8 Å². The fraction of sp³-hybridized carbons (Fsp3) is 0.250. The molecule has 0 atom stereocenters. The van der Waals surface area contributed by atoms with Gasteiger partial charge in [0.05, 0.1) is 5.69 Å². The molecule has 8 amide bonds. The van der Waals surface area contributed by atoms with Gasteiger partial charge in [-0.3, -0.25) is 34.7 Å². The summed E-state index contributed by atoms with van der Waals surface area (Å²) >= 11 is 0. The molecule has 2 aliphatic rings. The number of imide groups is 4. The maximum absolute atomic E-state index is 11.5. The Labute approximate surface area is 148 Å². The monoisotopic (exact) mass is 360 g/mol. The summed E-state index contributed by atoms with van der Waals surface area (Å²) in [5.41, 5.74) is 0.465. The van der Waals surface area contributed by atoms with E-state index in [1.165, 1.54) is 0 Å². The molecule has 10 nitrogen and oxygen atoms in total. The number of rotatable bonds is 2. The lowest BCUT2D eigenvalue weighted by Crippen LogP contribution is -2.52. The number of amides is 8. The lowest BCUT2D eigenvalue weighted by molar-refractivity contribution is -0.136. The molecule has 0 spiro atoms. The topological polar surface area (TPSA) is 133 Å². The van der Waals surface area contributed by atoms with Crippen molar-refractivity contribution in [1.29, 1.82) is 0 Å². The third kappa shape index (κ3) is 4.29. The van der Waals surface area contributed by atoms with E-state index in [1.54, 1.807) is 37.3 Å². The van der Waals surface area contributed by atoms with E-state index < -0.39 is 35.7 Å². The van der Waals surface area contributed by atoms with Crippen LogP contribution in [-0.4, -0.2) is 47.1 Å². The summed E-state index contributed by atoms with van der Waals surface area (Å²) in [6.45, 7) is 1.98. The number of nitrogens with one attached hydrogen (secondary N) is 2. The molecule has 0 aromatic heterocycles. The molecule has 1 aromatic carbocycles. The van der Waals surface area contributed by atoms with Crippen LogP contribution >= 0.6 is 0 Å². The number of hydrogen-bond acceptors (Lipinski definition) is 6. The lowest BCUT2D eigenvalue weighted by atomic mass is 10.2. The van der Waals surface area contributed by atoms with Gasteiger partial charge in [-0.25, -0.2) is 14.5 Å². The fourth-order valence-electron chi connectivity index (χ4n) is 2.28. The summed E-state index contributed by atoms with van der Waals surface area (Å²) < 4.78 is 0. The van der Waals surface area contributed by atoms with E-state index in [2.05, 4.69) is 5.32 Å². The van der Waals surface area contributed by atoms with Gasteiger partial charge in [0.1, 0.15) is 12.8 Å². The quantitative estimate of drug-likeness (QED) is 0.721. The Hall–Kier alpha value is -3.56. The van der Waals surface area contributed by atoms with Crippen LogP contribution in [0.15, 0.2) is 30.3 Å². The lowest BCUT2D eigenvalue weighted by Gasteiger charge is -2.24. The molecule has 0 unspecified atom stereocenters. The van der Waals surface area contributed by atoms with Crippen LogP contribution in [-0.2, 0) is 19.2 Å². The molecular formula is C16H16N4O6. The van der Waals surface area contributed by atoms with Crippen LogP contribution in [0.4, 0.5) is 15.3 Å². The van der Waals surface area contributed by atoms with Gasteiger partial charge in [0.15, 0.2) is 0 Å². The maximum atomic E-state index is 11.5. The number of nitrogens with zero attached hydrogens (tertiary/aromatic N) is 2. The predicted octanol–water partition coefficient (Wildman–Crippen LogP) is 0.134. The highest BCUT2D eigenvalue weighted by Crippen LogP contribution is 2.16. The van der Waals surface area contributed by atoms with E-state index in [0.717, 1.165) is 9.80 Å². The molecule has 2 heterocycles. The number of para-hydroxylation sites is 1. The Kier molecular flexibility index (Phi) is 5.78. The smallest absolute Gasteiger partial charge is 0.277 e. The minimum atomic E-state index is -0.692. The summed E-state index contributed by atoms with van der Waals surface area (Å²) in [7, 11) is 0. The zero-order chi connectivity index (χ0) is 19.3. The molecule has 0 radical (unpaired) electrons. The second kappa shape index (κ2) is 8.01. The highest BCUT2D eigenvalue weighted by molar-refractivity contribution is 6.26. The van der Waals surface area contributed by atoms with Crippen LogP contribution in [0.25, 0.3) is 0 Å². The second-order valence-electron chi connectivity index (χ2n) is 5.26. The summed E-state index contributed by atoms with van der Waals surface area (Å²) in [6.07, 6.45) is -0.514. The van der Waals surface area contributed by atoms with Gasteiger partial charge in [-0.15, -0.1) is 0 Å². The minimum Gasteiger partial charge on any atom is -0.277 e. The van der Waals surface area contributed by atoms with Crippen LogP contribution < -0.4 is 15.5 Å². The van der Waals surface area contributed by atoms with Gasteiger partial charge in [-0.2, -0.15) is 0 Å². The molecule has 26 heavy (non-hydrogen) atoms. The van der Waals surface area contributed by atoms with Crippen molar-refractivity contribution in [3.05, 3.63) is 30.3 Å². The first-order valence-electron chi connectivity index (χ1n) is 7.69. The summed E-state index contributed by atoms with van der Waals surface area (Å²) in [4.78, 5) is 68.0. The number of urea groups is 2. The van der Waals surface area contributed by atoms with Gasteiger partial charge >= 0.3 is 12.1 Å². The standard InChI is InChI=1S/C10H8N2O3.C6H8N2O3/c13-8-6-9(14)12(10(15)11-8)7-4-2-1-3-5-7;1-2-8-5(10)3-4(9)7-6(8)11/h1-5H,6H2,(H,11,13,15);2-3H2,1H3,(H,7,9,11). The summed E-state index contributed by atoms with van der Waals surface area (Å²) in [5, 5.41) is 4.12. The van der Waals surface area contributed by atoms with Gasteiger partial charge in [0.25, 0.3) is 0 Å². The predicted molar refractivity (Wildman–Crippen MR) is 87.6 cm³/mol. The van der Waals surface area contributed by atoms with Crippen molar-refractivity contribution >= 4 is 41.4 Å². The number of benzene rings is 1. The maximum Gasteiger partial charge on any atom is 0.335 e. The SMILES string of the molecule is CCN1C(=O)CC(=O)NC1=O.O=C1CC(=O)N(c2ccccc2)C(=O)N1. The van der Waals surface area contributed by atoms with Gasteiger partial charge in [0.2, 0.25) is 23.6 Å².